The molecule has 2 aromatic carbocycles. The first-order chi connectivity index (χ1) is 19.5. The predicted molar refractivity (Wildman–Crippen MR) is 158 cm³/mol. The summed E-state index contributed by atoms with van der Waals surface area (Å²) in [5.41, 5.74) is 1.78. The average molecular weight is 584 g/mol. The van der Waals surface area contributed by atoms with Crippen LogP contribution in [0, 0.1) is 11.3 Å². The second-order valence-electron chi connectivity index (χ2n) is 10.1. The summed E-state index contributed by atoms with van der Waals surface area (Å²) in [5.74, 6) is 0.760. The van der Waals surface area contributed by atoms with Crippen molar-refractivity contribution in [3.05, 3.63) is 69.9 Å². The highest BCUT2D eigenvalue weighted by molar-refractivity contribution is 6.33. The molecule has 3 N–H and O–H groups in total. The lowest BCUT2D eigenvalue weighted by Crippen LogP contribution is -2.35. The Morgan fingerprint density at radius 1 is 1.10 bits per heavy atom. The van der Waals surface area contributed by atoms with Crippen LogP contribution < -0.4 is 19.5 Å². The van der Waals surface area contributed by atoms with E-state index < -0.39 is 12.1 Å². The number of aliphatic carboxylic acids is 1. The van der Waals surface area contributed by atoms with Gasteiger partial charge in [-0.15, -0.1) is 0 Å². The number of aliphatic hydroxyl groups excluding tert-OH is 1. The second-order valence-corrected chi connectivity index (χ2v) is 10.6. The number of benzene rings is 2. The van der Waals surface area contributed by atoms with Crippen LogP contribution in [0.5, 0.6) is 17.2 Å². The third-order valence-electron chi connectivity index (χ3n) is 6.81. The Morgan fingerprint density at radius 2 is 1.68 bits per heavy atom. The van der Waals surface area contributed by atoms with Gasteiger partial charge in [0.15, 0.2) is 0 Å². The van der Waals surface area contributed by atoms with Crippen LogP contribution >= 0.6 is 11.6 Å². The molecule has 0 amide bonds. The maximum Gasteiger partial charge on any atom is 0.338 e. The van der Waals surface area contributed by atoms with E-state index in [4.69, 9.17) is 25.8 Å². The molecule has 1 aliphatic rings. The predicted octanol–water partition coefficient (Wildman–Crippen LogP) is 4.90. The zero-order valence-corrected chi connectivity index (χ0v) is 24.9. The zero-order valence-electron chi connectivity index (χ0n) is 24.1. The molecule has 0 saturated heterocycles. The number of carboxylic acids is 1. The van der Waals surface area contributed by atoms with E-state index in [1.165, 1.54) is 0 Å². The van der Waals surface area contributed by atoms with Crippen molar-refractivity contribution in [1.29, 1.82) is 5.26 Å². The molecule has 1 heterocycles. The fraction of sp³-hybridized carbons (Fsp3) is 0.419. The third-order valence-corrected chi connectivity index (χ3v) is 7.12. The minimum atomic E-state index is -1.11. The van der Waals surface area contributed by atoms with E-state index in [9.17, 15) is 20.3 Å². The molecular weight excluding hydrogens is 546 g/mol. The van der Waals surface area contributed by atoms with Crippen molar-refractivity contribution in [2.45, 2.75) is 52.3 Å². The Kier molecular flexibility index (Phi) is 11.5. The lowest BCUT2D eigenvalue weighted by Gasteiger charge is -2.35. The second kappa shape index (κ2) is 14.8. The number of hydrogen-bond acceptors (Lipinski definition) is 8. The standard InChI is InChI=1S/C31H38ClN3O6/c1-19(2)34-17-22(36)18-41-24-9-7-23(8-10-24)39-13-6-14-40-25-11-12-26(28(32)15-25)30-27(16-33)20(3)35(5)21(4)29(30)31(37)38/h7-12,15,19-20,22,34,36H,6,13-14,17-18H2,1-5H3,(H,37,38). The molecule has 0 radical (unpaired) electrons. The highest BCUT2D eigenvalue weighted by Crippen LogP contribution is 2.40. The van der Waals surface area contributed by atoms with Gasteiger partial charge in [-0.05, 0) is 56.3 Å². The topological polar surface area (TPSA) is 124 Å². The van der Waals surface area contributed by atoms with Crippen molar-refractivity contribution in [2.24, 2.45) is 0 Å². The average Bonchev–Trinajstić information content (AvgIpc) is 2.94. The maximum absolute atomic E-state index is 12.1. The molecule has 1 aliphatic heterocycles. The first-order valence-electron chi connectivity index (χ1n) is 13.5. The molecule has 0 fully saturated rings. The minimum absolute atomic E-state index is 0.0611. The van der Waals surface area contributed by atoms with Gasteiger partial charge in [0.2, 0.25) is 0 Å². The first kappa shape index (κ1) is 31.8. The molecule has 41 heavy (non-hydrogen) atoms. The molecule has 2 aromatic rings. The molecule has 3 rings (SSSR count). The van der Waals surface area contributed by atoms with E-state index >= 15 is 0 Å². The number of hydrogen-bond donors (Lipinski definition) is 3. The van der Waals surface area contributed by atoms with Gasteiger partial charge < -0.3 is 34.6 Å². The quantitative estimate of drug-likeness (QED) is 0.266. The van der Waals surface area contributed by atoms with Gasteiger partial charge in [0.1, 0.15) is 30.0 Å². The number of nitriles is 1. The fourth-order valence-corrected chi connectivity index (χ4v) is 4.62. The van der Waals surface area contributed by atoms with Crippen LogP contribution in [0.1, 0.15) is 39.7 Å². The normalized spacial score (nSPS) is 16.1. The number of likely N-dealkylation sites (N-methyl/N-ethyl adjacent to an activating group) is 1. The molecule has 220 valence electrons. The summed E-state index contributed by atoms with van der Waals surface area (Å²) < 4.78 is 17.2. The number of ether oxygens (including phenoxy) is 3. The summed E-state index contributed by atoms with van der Waals surface area (Å²) in [6.07, 6.45) is 0.0264. The smallest absolute Gasteiger partial charge is 0.338 e. The summed E-state index contributed by atoms with van der Waals surface area (Å²) in [4.78, 5) is 13.9. The lowest BCUT2D eigenvalue weighted by atomic mass is 9.85. The Hall–Kier alpha value is -3.71. The number of carboxylic acid groups (broad SMARTS) is 1. The van der Waals surface area contributed by atoms with E-state index in [2.05, 4.69) is 11.4 Å². The van der Waals surface area contributed by atoms with E-state index in [1.807, 2.05) is 32.9 Å². The molecular formula is C31H38ClN3O6. The Labute approximate surface area is 246 Å². The molecule has 2 unspecified atom stereocenters. The molecule has 10 heteroatoms. The Balaban J connectivity index is 1.52. The molecule has 0 spiro atoms. The summed E-state index contributed by atoms with van der Waals surface area (Å²) >= 11 is 6.58. The summed E-state index contributed by atoms with van der Waals surface area (Å²) in [7, 11) is 1.77. The molecule has 0 bridgehead atoms. The van der Waals surface area contributed by atoms with Gasteiger partial charge in [-0.1, -0.05) is 25.4 Å². The van der Waals surface area contributed by atoms with Crippen molar-refractivity contribution in [2.75, 3.05) is 33.4 Å². The highest BCUT2D eigenvalue weighted by atomic mass is 35.5. The van der Waals surface area contributed by atoms with Crippen LogP contribution in [-0.2, 0) is 4.79 Å². The number of carbonyl (C=O) groups is 1. The minimum Gasteiger partial charge on any atom is -0.493 e. The van der Waals surface area contributed by atoms with Crippen LogP contribution in [0.2, 0.25) is 5.02 Å². The van der Waals surface area contributed by atoms with Crippen molar-refractivity contribution in [1.82, 2.24) is 10.2 Å². The van der Waals surface area contributed by atoms with Gasteiger partial charge in [-0.25, -0.2) is 4.79 Å². The van der Waals surface area contributed by atoms with Crippen molar-refractivity contribution >= 4 is 23.1 Å². The number of allylic oxidation sites excluding steroid dienone is 1. The zero-order chi connectivity index (χ0) is 30.1. The summed E-state index contributed by atoms with van der Waals surface area (Å²) in [6, 6.07) is 14.4. The van der Waals surface area contributed by atoms with Gasteiger partial charge in [0.05, 0.1) is 41.5 Å². The van der Waals surface area contributed by atoms with Crippen LogP contribution in [0.3, 0.4) is 0 Å². The number of nitrogens with one attached hydrogen (secondary N) is 1. The fourth-order valence-electron chi connectivity index (χ4n) is 4.36. The van der Waals surface area contributed by atoms with Gasteiger partial charge in [-0.3, -0.25) is 0 Å². The van der Waals surface area contributed by atoms with Crippen LogP contribution in [0.15, 0.2) is 59.3 Å². The van der Waals surface area contributed by atoms with Crippen molar-refractivity contribution in [3.8, 4) is 23.3 Å². The first-order valence-corrected chi connectivity index (χ1v) is 13.9. The SMILES string of the molecule is CC1=C(C(=O)O)C(c2ccc(OCCCOc3ccc(OCC(O)CNC(C)C)cc3)cc2Cl)=C(C#N)C(C)N1C. The largest absolute Gasteiger partial charge is 0.493 e. The Morgan fingerprint density at radius 3 is 2.24 bits per heavy atom. The van der Waals surface area contributed by atoms with Crippen molar-refractivity contribution in [3.63, 3.8) is 0 Å². The van der Waals surface area contributed by atoms with Crippen LogP contribution in [0.4, 0.5) is 0 Å². The molecule has 2 atom stereocenters. The van der Waals surface area contributed by atoms with E-state index in [1.54, 1.807) is 49.2 Å². The third kappa shape index (κ3) is 8.40. The molecule has 0 aromatic heterocycles. The van der Waals surface area contributed by atoms with E-state index in [0.717, 1.165) is 0 Å². The number of halogens is 1. The molecule has 9 nitrogen and oxygen atoms in total. The lowest BCUT2D eigenvalue weighted by molar-refractivity contribution is -0.132. The molecule has 0 saturated carbocycles. The number of aliphatic hydroxyl groups is 1. The van der Waals surface area contributed by atoms with Crippen LogP contribution in [-0.4, -0.2) is 72.7 Å². The van der Waals surface area contributed by atoms with Crippen LogP contribution in [0.25, 0.3) is 5.57 Å². The highest BCUT2D eigenvalue weighted by Gasteiger charge is 2.33. The monoisotopic (exact) mass is 583 g/mol. The number of nitrogens with zero attached hydrogens (tertiary/aromatic N) is 2. The summed E-state index contributed by atoms with van der Waals surface area (Å²) in [6.45, 7) is 9.10. The van der Waals surface area contributed by atoms with E-state index in [0.29, 0.717) is 76.9 Å². The Bertz CT molecular complexity index is 1320. The molecule has 0 aliphatic carbocycles. The van der Waals surface area contributed by atoms with Gasteiger partial charge in [0, 0.05) is 42.9 Å². The van der Waals surface area contributed by atoms with Gasteiger partial charge >= 0.3 is 5.97 Å². The van der Waals surface area contributed by atoms with Gasteiger partial charge in [0.25, 0.3) is 0 Å². The van der Waals surface area contributed by atoms with Crippen molar-refractivity contribution < 1.29 is 29.2 Å². The number of rotatable bonds is 14. The van der Waals surface area contributed by atoms with E-state index in [-0.39, 0.29) is 18.2 Å². The summed E-state index contributed by atoms with van der Waals surface area (Å²) in [5, 5.41) is 33.2. The maximum atomic E-state index is 12.1. The van der Waals surface area contributed by atoms with Gasteiger partial charge in [-0.2, -0.15) is 5.26 Å².